The number of halogens is 2. The minimum absolute atomic E-state index is 0.134. The fourth-order valence-corrected chi connectivity index (χ4v) is 0.924. The highest BCUT2D eigenvalue weighted by molar-refractivity contribution is 5.20. The number of nitrogens with one attached hydrogen (secondary N) is 1. The standard InChI is InChI=1S/C8H9F2NO2/c9-6-2-1-5(3-7(6)10)8(12)4-11-13/h1-3,8,11-13H,4H2. The first-order valence-corrected chi connectivity index (χ1v) is 3.65. The van der Waals surface area contributed by atoms with Crippen molar-refractivity contribution in [3.63, 3.8) is 0 Å². The highest BCUT2D eigenvalue weighted by Crippen LogP contribution is 2.15. The van der Waals surface area contributed by atoms with Gasteiger partial charge >= 0.3 is 0 Å². The maximum atomic E-state index is 12.6. The van der Waals surface area contributed by atoms with Gasteiger partial charge < -0.3 is 10.3 Å². The minimum atomic E-state index is -1.06. The van der Waals surface area contributed by atoms with Gasteiger partial charge in [0.2, 0.25) is 0 Å². The van der Waals surface area contributed by atoms with E-state index < -0.39 is 17.7 Å². The lowest BCUT2D eigenvalue weighted by Crippen LogP contribution is -2.17. The summed E-state index contributed by atoms with van der Waals surface area (Å²) in [7, 11) is 0. The predicted molar refractivity (Wildman–Crippen MR) is 41.1 cm³/mol. The maximum Gasteiger partial charge on any atom is 0.159 e. The third-order valence-electron chi connectivity index (χ3n) is 1.61. The lowest BCUT2D eigenvalue weighted by Gasteiger charge is -2.09. The van der Waals surface area contributed by atoms with Crippen LogP contribution in [0.15, 0.2) is 18.2 Å². The van der Waals surface area contributed by atoms with Crippen LogP contribution < -0.4 is 5.48 Å². The number of hydrogen-bond donors (Lipinski definition) is 3. The Kier molecular flexibility index (Phi) is 3.30. The average Bonchev–Trinajstić information content (AvgIpc) is 2.10. The maximum absolute atomic E-state index is 12.6. The number of aliphatic hydroxyl groups excluding tert-OH is 1. The molecule has 0 aliphatic rings. The van der Waals surface area contributed by atoms with Gasteiger partial charge in [-0.3, -0.25) is 0 Å². The van der Waals surface area contributed by atoms with Crippen molar-refractivity contribution >= 4 is 0 Å². The molecule has 1 rings (SSSR count). The number of hydroxylamine groups is 1. The van der Waals surface area contributed by atoms with E-state index in [9.17, 15) is 13.9 Å². The number of aliphatic hydroxyl groups is 1. The van der Waals surface area contributed by atoms with E-state index in [1.54, 1.807) is 5.48 Å². The van der Waals surface area contributed by atoms with Gasteiger partial charge in [0.05, 0.1) is 12.6 Å². The normalized spacial score (nSPS) is 12.9. The van der Waals surface area contributed by atoms with E-state index in [2.05, 4.69) is 0 Å². The van der Waals surface area contributed by atoms with Crippen molar-refractivity contribution in [3.05, 3.63) is 35.4 Å². The second-order valence-corrected chi connectivity index (χ2v) is 2.55. The second-order valence-electron chi connectivity index (χ2n) is 2.55. The third kappa shape index (κ3) is 2.45. The summed E-state index contributed by atoms with van der Waals surface area (Å²) in [6, 6.07) is 3.06. The minimum Gasteiger partial charge on any atom is -0.387 e. The molecule has 13 heavy (non-hydrogen) atoms. The summed E-state index contributed by atoms with van der Waals surface area (Å²) in [6.45, 7) is -0.134. The van der Waals surface area contributed by atoms with Crippen LogP contribution in [-0.4, -0.2) is 16.9 Å². The average molecular weight is 189 g/mol. The van der Waals surface area contributed by atoms with Crippen LogP contribution in [0.2, 0.25) is 0 Å². The summed E-state index contributed by atoms with van der Waals surface area (Å²) in [5.41, 5.74) is 1.94. The summed E-state index contributed by atoms with van der Waals surface area (Å²) < 4.78 is 25.0. The van der Waals surface area contributed by atoms with Crippen LogP contribution in [0.25, 0.3) is 0 Å². The van der Waals surface area contributed by atoms with Gasteiger partial charge in [0, 0.05) is 0 Å². The van der Waals surface area contributed by atoms with E-state index >= 15 is 0 Å². The number of benzene rings is 1. The Morgan fingerprint density at radius 1 is 1.31 bits per heavy atom. The zero-order valence-corrected chi connectivity index (χ0v) is 6.67. The summed E-state index contributed by atoms with van der Waals surface area (Å²) in [6.07, 6.45) is -1.06. The van der Waals surface area contributed by atoms with Gasteiger partial charge in [-0.2, -0.15) is 0 Å². The molecule has 72 valence electrons. The predicted octanol–water partition coefficient (Wildman–Crippen LogP) is 0.977. The van der Waals surface area contributed by atoms with Gasteiger partial charge in [0.25, 0.3) is 0 Å². The van der Waals surface area contributed by atoms with Crippen molar-refractivity contribution in [2.75, 3.05) is 6.54 Å². The summed E-state index contributed by atoms with van der Waals surface area (Å²) in [4.78, 5) is 0. The van der Waals surface area contributed by atoms with Crippen LogP contribution in [0.1, 0.15) is 11.7 Å². The lowest BCUT2D eigenvalue weighted by molar-refractivity contribution is 0.0919. The van der Waals surface area contributed by atoms with E-state index in [1.165, 1.54) is 6.07 Å². The van der Waals surface area contributed by atoms with E-state index in [0.29, 0.717) is 0 Å². The van der Waals surface area contributed by atoms with Gasteiger partial charge in [-0.05, 0) is 17.7 Å². The van der Waals surface area contributed by atoms with Crippen LogP contribution >= 0.6 is 0 Å². The third-order valence-corrected chi connectivity index (χ3v) is 1.61. The second kappa shape index (κ2) is 4.27. The molecule has 1 aromatic rings. The molecule has 0 aliphatic carbocycles. The molecule has 5 heteroatoms. The highest BCUT2D eigenvalue weighted by atomic mass is 19.2. The van der Waals surface area contributed by atoms with Crippen molar-refractivity contribution in [2.24, 2.45) is 0 Å². The molecule has 3 N–H and O–H groups in total. The molecule has 1 aromatic carbocycles. The lowest BCUT2D eigenvalue weighted by atomic mass is 10.1. The Hall–Kier alpha value is -1.04. The van der Waals surface area contributed by atoms with Gasteiger partial charge in [0.1, 0.15) is 0 Å². The first-order chi connectivity index (χ1) is 6.15. The van der Waals surface area contributed by atoms with Gasteiger partial charge in [0.15, 0.2) is 11.6 Å². The zero-order valence-electron chi connectivity index (χ0n) is 6.67. The van der Waals surface area contributed by atoms with E-state index in [1.807, 2.05) is 0 Å². The molecule has 0 amide bonds. The van der Waals surface area contributed by atoms with Crippen LogP contribution in [0.3, 0.4) is 0 Å². The van der Waals surface area contributed by atoms with E-state index in [4.69, 9.17) is 5.21 Å². The van der Waals surface area contributed by atoms with Crippen molar-refractivity contribution < 1.29 is 19.1 Å². The molecule has 0 radical (unpaired) electrons. The van der Waals surface area contributed by atoms with Crippen LogP contribution in [0.4, 0.5) is 8.78 Å². The first kappa shape index (κ1) is 10.0. The van der Waals surface area contributed by atoms with Crippen LogP contribution in [0.5, 0.6) is 0 Å². The fourth-order valence-electron chi connectivity index (χ4n) is 0.924. The Morgan fingerprint density at radius 2 is 2.00 bits per heavy atom. The molecule has 0 saturated carbocycles. The molecule has 1 atom stereocenters. The smallest absolute Gasteiger partial charge is 0.159 e. The van der Waals surface area contributed by atoms with Gasteiger partial charge in [-0.25, -0.2) is 14.3 Å². The van der Waals surface area contributed by atoms with Crippen molar-refractivity contribution in [2.45, 2.75) is 6.10 Å². The Labute approximate surface area is 73.6 Å². The molecule has 3 nitrogen and oxygen atoms in total. The molecule has 0 spiro atoms. The molecule has 0 heterocycles. The highest BCUT2D eigenvalue weighted by Gasteiger charge is 2.09. The molecule has 0 bridgehead atoms. The molecule has 0 fully saturated rings. The Morgan fingerprint density at radius 3 is 2.54 bits per heavy atom. The Bertz CT molecular complexity index is 293. The molecule has 1 unspecified atom stereocenters. The zero-order chi connectivity index (χ0) is 9.84. The molecular weight excluding hydrogens is 180 g/mol. The van der Waals surface area contributed by atoms with E-state index in [0.717, 1.165) is 12.1 Å². The fraction of sp³-hybridized carbons (Fsp3) is 0.250. The van der Waals surface area contributed by atoms with E-state index in [-0.39, 0.29) is 12.1 Å². The summed E-state index contributed by atoms with van der Waals surface area (Å²) >= 11 is 0. The largest absolute Gasteiger partial charge is 0.387 e. The summed E-state index contributed by atoms with van der Waals surface area (Å²) in [5.74, 6) is -1.98. The molecule has 0 saturated heterocycles. The first-order valence-electron chi connectivity index (χ1n) is 3.65. The topological polar surface area (TPSA) is 52.5 Å². The SMILES string of the molecule is ONCC(O)c1ccc(F)c(F)c1. The van der Waals surface area contributed by atoms with Crippen LogP contribution in [-0.2, 0) is 0 Å². The van der Waals surface area contributed by atoms with Crippen molar-refractivity contribution in [3.8, 4) is 0 Å². The monoisotopic (exact) mass is 189 g/mol. The molecule has 0 aliphatic heterocycles. The van der Waals surface area contributed by atoms with Gasteiger partial charge in [-0.1, -0.05) is 6.07 Å². The molecule has 0 aromatic heterocycles. The van der Waals surface area contributed by atoms with Crippen molar-refractivity contribution in [1.29, 1.82) is 0 Å². The molecular formula is C8H9F2NO2. The number of hydrogen-bond acceptors (Lipinski definition) is 3. The van der Waals surface area contributed by atoms with Crippen LogP contribution in [0, 0.1) is 11.6 Å². The quantitative estimate of drug-likeness (QED) is 0.621. The van der Waals surface area contributed by atoms with Gasteiger partial charge in [-0.15, -0.1) is 0 Å². The summed E-state index contributed by atoms with van der Waals surface area (Å²) in [5, 5.41) is 17.5. The Balaban J connectivity index is 2.84. The van der Waals surface area contributed by atoms with Crippen molar-refractivity contribution in [1.82, 2.24) is 5.48 Å². The number of rotatable bonds is 3.